The minimum absolute atomic E-state index is 0.162. The highest BCUT2D eigenvalue weighted by Crippen LogP contribution is 2.18. The monoisotopic (exact) mass is 260 g/mol. The summed E-state index contributed by atoms with van der Waals surface area (Å²) in [6.07, 6.45) is 0.943. The van der Waals surface area contributed by atoms with Crippen molar-refractivity contribution in [2.45, 2.75) is 26.5 Å². The first-order valence-corrected chi connectivity index (χ1v) is 5.85. The molecule has 0 spiro atoms. The minimum Gasteiger partial charge on any atom is -0.383 e. The van der Waals surface area contributed by atoms with Crippen LogP contribution >= 0.6 is 11.6 Å². The Morgan fingerprint density at radius 2 is 2.35 bits per heavy atom. The fourth-order valence-corrected chi connectivity index (χ4v) is 1.71. The van der Waals surface area contributed by atoms with Gasteiger partial charge in [0.05, 0.1) is 24.4 Å². The van der Waals surface area contributed by atoms with Gasteiger partial charge in [-0.1, -0.05) is 11.6 Å². The molecule has 0 saturated heterocycles. The lowest BCUT2D eigenvalue weighted by molar-refractivity contribution is 0.0508. The van der Waals surface area contributed by atoms with Crippen LogP contribution in [-0.2, 0) is 16.0 Å². The number of aromatic nitrogens is 2. The van der Waals surface area contributed by atoms with Crippen LogP contribution < -0.4 is 0 Å². The largest absolute Gasteiger partial charge is 0.383 e. The van der Waals surface area contributed by atoms with Crippen LogP contribution in [0.5, 0.6) is 0 Å². The molecule has 0 amide bonds. The first kappa shape index (κ1) is 14.2. The highest BCUT2D eigenvalue weighted by molar-refractivity contribution is 6.33. The molecule has 0 aromatic carbocycles. The molecule has 96 valence electrons. The van der Waals surface area contributed by atoms with Crippen molar-refractivity contribution in [1.29, 1.82) is 0 Å². The van der Waals surface area contributed by atoms with E-state index in [4.69, 9.17) is 21.1 Å². The van der Waals surface area contributed by atoms with Crippen LogP contribution in [0.2, 0.25) is 5.02 Å². The molecule has 0 aliphatic heterocycles. The predicted octanol–water partition coefficient (Wildman–Crippen LogP) is 1.79. The van der Waals surface area contributed by atoms with Gasteiger partial charge in [-0.3, -0.25) is 9.48 Å². The molecule has 0 aliphatic rings. The van der Waals surface area contributed by atoms with Crippen molar-refractivity contribution in [2.24, 2.45) is 0 Å². The van der Waals surface area contributed by atoms with E-state index in [1.54, 1.807) is 18.7 Å². The van der Waals surface area contributed by atoms with Gasteiger partial charge in [-0.05, 0) is 13.8 Å². The van der Waals surface area contributed by atoms with E-state index in [0.29, 0.717) is 30.5 Å². The molecular formula is C11H17ClN2O3. The second kappa shape index (κ2) is 6.74. The molecule has 0 N–H and O–H groups in total. The lowest BCUT2D eigenvalue weighted by atomic mass is 10.2. The number of halogens is 1. The van der Waals surface area contributed by atoms with E-state index >= 15 is 0 Å². The third-order valence-corrected chi connectivity index (χ3v) is 2.60. The highest BCUT2D eigenvalue weighted by Gasteiger charge is 2.22. The highest BCUT2D eigenvalue weighted by atomic mass is 35.5. The van der Waals surface area contributed by atoms with Gasteiger partial charge in [0.25, 0.3) is 0 Å². The Labute approximate surface area is 106 Å². The molecule has 0 saturated carbocycles. The number of Topliss-reactive ketones (excluding diaryl/α,β-unsaturated/α-hetero) is 1. The van der Waals surface area contributed by atoms with Crippen LogP contribution in [-0.4, -0.2) is 42.0 Å². The van der Waals surface area contributed by atoms with E-state index in [0.717, 1.165) is 0 Å². The van der Waals surface area contributed by atoms with Crippen molar-refractivity contribution in [3.8, 4) is 0 Å². The zero-order chi connectivity index (χ0) is 12.8. The molecule has 1 unspecified atom stereocenters. The van der Waals surface area contributed by atoms with Gasteiger partial charge in [-0.15, -0.1) is 0 Å². The van der Waals surface area contributed by atoms with Crippen molar-refractivity contribution in [1.82, 2.24) is 9.78 Å². The number of hydrogen-bond acceptors (Lipinski definition) is 4. The smallest absolute Gasteiger partial charge is 0.210 e. The van der Waals surface area contributed by atoms with Gasteiger partial charge >= 0.3 is 0 Å². The molecule has 6 heteroatoms. The zero-order valence-corrected chi connectivity index (χ0v) is 11.0. The van der Waals surface area contributed by atoms with Crippen LogP contribution in [0.25, 0.3) is 0 Å². The van der Waals surface area contributed by atoms with Crippen LogP contribution in [0, 0.1) is 0 Å². The normalized spacial score (nSPS) is 12.7. The van der Waals surface area contributed by atoms with E-state index in [1.165, 1.54) is 6.20 Å². The fourth-order valence-electron chi connectivity index (χ4n) is 1.47. The summed E-state index contributed by atoms with van der Waals surface area (Å²) in [5.74, 6) is -0.162. The van der Waals surface area contributed by atoms with Crippen LogP contribution in [0.4, 0.5) is 0 Å². The number of nitrogens with zero attached hydrogens (tertiary/aromatic N) is 2. The lowest BCUT2D eigenvalue weighted by Crippen LogP contribution is -2.25. The summed E-state index contributed by atoms with van der Waals surface area (Å²) in [6, 6.07) is 0. The molecule has 1 heterocycles. The first-order valence-electron chi connectivity index (χ1n) is 5.47. The maximum absolute atomic E-state index is 12.1. The molecule has 0 bridgehead atoms. The maximum Gasteiger partial charge on any atom is 0.210 e. The number of carbonyl (C=O) groups excluding carboxylic acids is 1. The van der Waals surface area contributed by atoms with Gasteiger partial charge in [0.15, 0.2) is 0 Å². The zero-order valence-electron chi connectivity index (χ0n) is 10.3. The summed E-state index contributed by atoms with van der Waals surface area (Å²) in [5.41, 5.74) is 0.379. The number of carbonyl (C=O) groups is 1. The van der Waals surface area contributed by atoms with E-state index < -0.39 is 6.10 Å². The van der Waals surface area contributed by atoms with Crippen molar-refractivity contribution >= 4 is 17.4 Å². The average Bonchev–Trinajstić information content (AvgIpc) is 2.67. The molecule has 1 aromatic rings. The topological polar surface area (TPSA) is 53.3 Å². The first-order chi connectivity index (χ1) is 8.11. The van der Waals surface area contributed by atoms with Crippen molar-refractivity contribution < 1.29 is 14.3 Å². The molecule has 17 heavy (non-hydrogen) atoms. The number of hydrogen-bond donors (Lipinski definition) is 0. The Morgan fingerprint density at radius 1 is 1.65 bits per heavy atom. The van der Waals surface area contributed by atoms with Crippen molar-refractivity contribution in [2.75, 3.05) is 20.3 Å². The molecular weight excluding hydrogens is 244 g/mol. The van der Waals surface area contributed by atoms with Crippen LogP contribution in [0.15, 0.2) is 6.20 Å². The average molecular weight is 261 g/mol. The third kappa shape index (κ3) is 3.52. The Morgan fingerprint density at radius 3 is 2.94 bits per heavy atom. The summed E-state index contributed by atoms with van der Waals surface area (Å²) in [6.45, 7) is 4.99. The number of rotatable bonds is 7. The minimum atomic E-state index is -0.518. The molecule has 0 aliphatic carbocycles. The van der Waals surface area contributed by atoms with Crippen LogP contribution in [0.1, 0.15) is 24.3 Å². The van der Waals surface area contributed by atoms with Crippen molar-refractivity contribution in [3.05, 3.63) is 16.9 Å². The molecule has 5 nitrogen and oxygen atoms in total. The van der Waals surface area contributed by atoms with E-state index in [9.17, 15) is 4.79 Å². The second-order valence-corrected chi connectivity index (χ2v) is 3.93. The molecule has 1 aromatic heterocycles. The van der Waals surface area contributed by atoms with E-state index in [-0.39, 0.29) is 5.78 Å². The Kier molecular flexibility index (Phi) is 5.61. The van der Waals surface area contributed by atoms with E-state index in [2.05, 4.69) is 5.10 Å². The maximum atomic E-state index is 12.1. The Balaban J connectivity index is 2.87. The summed E-state index contributed by atoms with van der Waals surface area (Å²) >= 11 is 5.96. The SMILES string of the molecule is CCOC(C)C(=O)c1c(Cl)cnn1CCOC. The van der Waals surface area contributed by atoms with Crippen molar-refractivity contribution in [3.63, 3.8) is 0 Å². The fraction of sp³-hybridized carbons (Fsp3) is 0.636. The Hall–Kier alpha value is -0.910. The standard InChI is InChI=1S/C11H17ClN2O3/c1-4-17-8(2)11(15)10-9(12)7-13-14(10)5-6-16-3/h7-8H,4-6H2,1-3H3. The second-order valence-electron chi connectivity index (χ2n) is 3.52. The van der Waals surface area contributed by atoms with E-state index in [1.807, 2.05) is 6.92 Å². The van der Waals surface area contributed by atoms with Crippen LogP contribution in [0.3, 0.4) is 0 Å². The van der Waals surface area contributed by atoms with Gasteiger partial charge in [0, 0.05) is 13.7 Å². The lowest BCUT2D eigenvalue weighted by Gasteiger charge is -2.12. The predicted molar refractivity (Wildman–Crippen MR) is 64.5 cm³/mol. The quantitative estimate of drug-likeness (QED) is 0.702. The summed E-state index contributed by atoms with van der Waals surface area (Å²) in [4.78, 5) is 12.1. The van der Waals surface area contributed by atoms with Gasteiger partial charge in [0.1, 0.15) is 11.8 Å². The summed E-state index contributed by atoms with van der Waals surface area (Å²) in [5, 5.41) is 4.39. The molecule has 1 atom stereocenters. The number of methoxy groups -OCH3 is 1. The number of ketones is 1. The van der Waals surface area contributed by atoms with Gasteiger partial charge in [-0.25, -0.2) is 0 Å². The Bertz CT molecular complexity index is 379. The number of ether oxygens (including phenoxy) is 2. The van der Waals surface area contributed by atoms with Gasteiger partial charge < -0.3 is 9.47 Å². The molecule has 0 radical (unpaired) electrons. The summed E-state index contributed by atoms with van der Waals surface area (Å²) < 4.78 is 11.8. The molecule has 0 fully saturated rings. The summed E-state index contributed by atoms with van der Waals surface area (Å²) in [7, 11) is 1.59. The van der Waals surface area contributed by atoms with Gasteiger partial charge in [0.2, 0.25) is 5.78 Å². The molecule has 1 rings (SSSR count). The van der Waals surface area contributed by atoms with Gasteiger partial charge in [-0.2, -0.15) is 5.10 Å². The third-order valence-electron chi connectivity index (χ3n) is 2.32.